The standard InChI is InChI=1S/C34H52O4/c1-27(17-16-18-28(2)23-26-36)20-21-32-29(3)30(22-24-34(32,4)5)31(33(37)38)19-14-12-10-8-6-7-9-11-13-15-25-35/h16-21,23,26,30,35H,6-15,22,24-25H2,1-5H3,(H,37,38)/b18-16+,21-20+,27-17+,28-23+,31-19+. The molecule has 1 aliphatic carbocycles. The van der Waals surface area contributed by atoms with Crippen LogP contribution < -0.4 is 0 Å². The van der Waals surface area contributed by atoms with Gasteiger partial charge >= 0.3 is 5.97 Å². The number of rotatable bonds is 18. The highest BCUT2D eigenvalue weighted by Gasteiger charge is 2.35. The monoisotopic (exact) mass is 524 g/mol. The van der Waals surface area contributed by atoms with Crippen molar-refractivity contribution in [1.82, 2.24) is 0 Å². The number of aldehydes is 1. The van der Waals surface area contributed by atoms with Gasteiger partial charge in [-0.2, -0.15) is 0 Å². The van der Waals surface area contributed by atoms with Gasteiger partial charge in [-0.15, -0.1) is 0 Å². The largest absolute Gasteiger partial charge is 0.478 e. The third kappa shape index (κ3) is 12.9. The smallest absolute Gasteiger partial charge is 0.331 e. The lowest BCUT2D eigenvalue weighted by molar-refractivity contribution is -0.133. The van der Waals surface area contributed by atoms with Gasteiger partial charge in [0.05, 0.1) is 0 Å². The van der Waals surface area contributed by atoms with Gasteiger partial charge in [-0.1, -0.05) is 106 Å². The number of allylic oxidation sites excluding steroid dienone is 11. The molecule has 1 rings (SSSR count). The van der Waals surface area contributed by atoms with Crippen LogP contribution in [0.25, 0.3) is 0 Å². The molecule has 0 aliphatic heterocycles. The summed E-state index contributed by atoms with van der Waals surface area (Å²) in [6.07, 6.45) is 27.4. The minimum absolute atomic E-state index is 0.00179. The van der Waals surface area contributed by atoms with Crippen LogP contribution in [0.4, 0.5) is 0 Å². The van der Waals surface area contributed by atoms with Gasteiger partial charge in [-0.05, 0) is 75.5 Å². The number of aliphatic carboxylic acids is 1. The first-order valence-corrected chi connectivity index (χ1v) is 14.5. The predicted molar refractivity (Wildman–Crippen MR) is 160 cm³/mol. The molecule has 0 bridgehead atoms. The number of hydrogen-bond acceptors (Lipinski definition) is 3. The Hall–Kier alpha value is -2.46. The molecular formula is C34H52O4. The van der Waals surface area contributed by atoms with E-state index in [0.29, 0.717) is 12.2 Å². The van der Waals surface area contributed by atoms with Gasteiger partial charge in [0.25, 0.3) is 0 Å². The van der Waals surface area contributed by atoms with Gasteiger partial charge in [-0.25, -0.2) is 4.79 Å². The van der Waals surface area contributed by atoms with E-state index in [-0.39, 0.29) is 11.3 Å². The van der Waals surface area contributed by atoms with Crippen molar-refractivity contribution >= 4 is 12.3 Å². The lowest BCUT2D eigenvalue weighted by atomic mass is 9.67. The van der Waals surface area contributed by atoms with Crippen molar-refractivity contribution in [1.29, 1.82) is 0 Å². The van der Waals surface area contributed by atoms with Crippen LogP contribution in [0, 0.1) is 11.3 Å². The Morgan fingerprint density at radius 1 is 0.921 bits per heavy atom. The molecule has 1 aliphatic rings. The average Bonchev–Trinajstić information content (AvgIpc) is 2.85. The quantitative estimate of drug-likeness (QED) is 0.0812. The zero-order valence-electron chi connectivity index (χ0n) is 24.6. The third-order valence-electron chi connectivity index (χ3n) is 7.65. The predicted octanol–water partition coefficient (Wildman–Crippen LogP) is 8.85. The number of hydrogen-bond donors (Lipinski definition) is 2. The molecule has 0 fully saturated rings. The van der Waals surface area contributed by atoms with Crippen molar-refractivity contribution < 1.29 is 19.8 Å². The Morgan fingerprint density at radius 2 is 1.50 bits per heavy atom. The SMILES string of the molecule is CC1=C(/C=C/C(C)=C/C=C/C(C)=C/C=O)C(C)(C)CCC1/C(=C\CCCCCCCCCCCO)C(=O)O. The highest BCUT2D eigenvalue weighted by molar-refractivity contribution is 5.88. The van der Waals surface area contributed by atoms with E-state index in [4.69, 9.17) is 5.11 Å². The van der Waals surface area contributed by atoms with E-state index in [0.717, 1.165) is 62.4 Å². The lowest BCUT2D eigenvalue weighted by Crippen LogP contribution is -2.27. The van der Waals surface area contributed by atoms with E-state index in [1.54, 1.807) is 0 Å². The summed E-state index contributed by atoms with van der Waals surface area (Å²) in [7, 11) is 0. The van der Waals surface area contributed by atoms with Gasteiger partial charge < -0.3 is 10.2 Å². The summed E-state index contributed by atoms with van der Waals surface area (Å²) in [6.45, 7) is 10.8. The molecule has 0 aromatic rings. The Labute approximate surface area is 232 Å². The van der Waals surface area contributed by atoms with Crippen LogP contribution in [0.3, 0.4) is 0 Å². The Kier molecular flexibility index (Phi) is 16.6. The fraction of sp³-hybridized carbons (Fsp3) is 0.588. The van der Waals surface area contributed by atoms with E-state index in [1.165, 1.54) is 49.3 Å². The summed E-state index contributed by atoms with van der Waals surface area (Å²) in [4.78, 5) is 22.8. The molecule has 212 valence electrons. The topological polar surface area (TPSA) is 74.6 Å². The number of unbranched alkanes of at least 4 members (excludes halogenated alkanes) is 9. The van der Waals surface area contributed by atoms with Crippen LogP contribution in [0.2, 0.25) is 0 Å². The van der Waals surface area contributed by atoms with Crippen LogP contribution in [0.1, 0.15) is 112 Å². The first-order valence-electron chi connectivity index (χ1n) is 14.5. The molecule has 1 unspecified atom stereocenters. The van der Waals surface area contributed by atoms with Crippen LogP contribution in [0.5, 0.6) is 0 Å². The number of aliphatic hydroxyl groups is 1. The maximum Gasteiger partial charge on any atom is 0.331 e. The van der Waals surface area contributed by atoms with E-state index in [2.05, 4.69) is 32.9 Å². The molecule has 0 saturated carbocycles. The van der Waals surface area contributed by atoms with Gasteiger partial charge in [0.15, 0.2) is 0 Å². The molecule has 0 radical (unpaired) electrons. The van der Waals surface area contributed by atoms with Crippen LogP contribution in [-0.2, 0) is 9.59 Å². The average molecular weight is 525 g/mol. The second-order valence-electron chi connectivity index (χ2n) is 11.4. The molecule has 0 amide bonds. The number of carbonyl (C=O) groups is 2. The van der Waals surface area contributed by atoms with Gasteiger partial charge in [-0.3, -0.25) is 4.79 Å². The minimum atomic E-state index is -0.791. The molecule has 0 aromatic heterocycles. The van der Waals surface area contributed by atoms with Crippen molar-refractivity contribution in [3.05, 3.63) is 70.4 Å². The summed E-state index contributed by atoms with van der Waals surface area (Å²) in [5, 5.41) is 18.9. The molecule has 2 N–H and O–H groups in total. The number of carboxylic acids is 1. The summed E-state index contributed by atoms with van der Waals surface area (Å²) in [5.74, 6) is -0.834. The van der Waals surface area contributed by atoms with Crippen LogP contribution in [0.15, 0.2) is 70.4 Å². The molecule has 0 aromatic carbocycles. The maximum atomic E-state index is 12.2. The number of aliphatic hydroxyl groups excluding tert-OH is 1. The van der Waals surface area contributed by atoms with Gasteiger partial charge in [0.2, 0.25) is 0 Å². The summed E-state index contributed by atoms with van der Waals surface area (Å²) < 4.78 is 0. The lowest BCUT2D eigenvalue weighted by Gasteiger charge is -2.37. The zero-order chi connectivity index (χ0) is 28.4. The normalized spacial score (nSPS) is 19.1. The molecule has 4 heteroatoms. The third-order valence-corrected chi connectivity index (χ3v) is 7.65. The molecular weight excluding hydrogens is 472 g/mol. The van der Waals surface area contributed by atoms with Crippen molar-refractivity contribution in [3.63, 3.8) is 0 Å². The Morgan fingerprint density at radius 3 is 2.08 bits per heavy atom. The highest BCUT2D eigenvalue weighted by Crippen LogP contribution is 2.45. The van der Waals surface area contributed by atoms with Crippen molar-refractivity contribution in [2.45, 2.75) is 112 Å². The first kappa shape index (κ1) is 33.6. The summed E-state index contributed by atoms with van der Waals surface area (Å²) in [6, 6.07) is 0. The molecule has 38 heavy (non-hydrogen) atoms. The second kappa shape index (κ2) is 18.7. The van der Waals surface area contributed by atoms with E-state index >= 15 is 0 Å². The van der Waals surface area contributed by atoms with Crippen LogP contribution in [-0.4, -0.2) is 29.1 Å². The van der Waals surface area contributed by atoms with Gasteiger partial charge in [0.1, 0.15) is 6.29 Å². The van der Waals surface area contributed by atoms with Crippen molar-refractivity contribution in [2.24, 2.45) is 11.3 Å². The molecule has 1 atom stereocenters. The van der Waals surface area contributed by atoms with Crippen molar-refractivity contribution in [2.75, 3.05) is 6.61 Å². The highest BCUT2D eigenvalue weighted by atomic mass is 16.4. The fourth-order valence-corrected chi connectivity index (χ4v) is 5.24. The molecule has 4 nitrogen and oxygen atoms in total. The molecule has 0 heterocycles. The van der Waals surface area contributed by atoms with Crippen molar-refractivity contribution in [3.8, 4) is 0 Å². The molecule has 0 saturated heterocycles. The van der Waals surface area contributed by atoms with E-state index in [9.17, 15) is 14.7 Å². The van der Waals surface area contributed by atoms with E-state index < -0.39 is 5.97 Å². The van der Waals surface area contributed by atoms with Gasteiger partial charge in [0, 0.05) is 18.1 Å². The Balaban J connectivity index is 2.81. The van der Waals surface area contributed by atoms with E-state index in [1.807, 2.05) is 38.2 Å². The first-order chi connectivity index (χ1) is 18.1. The zero-order valence-corrected chi connectivity index (χ0v) is 24.6. The maximum absolute atomic E-state index is 12.2. The van der Waals surface area contributed by atoms with Crippen LogP contribution >= 0.6 is 0 Å². The number of carboxylic acid groups (broad SMARTS) is 1. The Bertz CT molecular complexity index is 924. The summed E-state index contributed by atoms with van der Waals surface area (Å²) in [5.41, 5.74) is 4.95. The number of carbonyl (C=O) groups excluding carboxylic acids is 1. The minimum Gasteiger partial charge on any atom is -0.478 e. The second-order valence-corrected chi connectivity index (χ2v) is 11.4. The summed E-state index contributed by atoms with van der Waals surface area (Å²) >= 11 is 0. The fourth-order valence-electron chi connectivity index (χ4n) is 5.24. The molecule has 0 spiro atoms.